The molecule has 13 heteroatoms. The van der Waals surface area contributed by atoms with Crippen molar-refractivity contribution in [1.29, 1.82) is 0 Å². The summed E-state index contributed by atoms with van der Waals surface area (Å²) in [5.74, 6) is 0.144. The number of carbonyl (C=O) groups excluding carboxylic acids is 1. The molecule has 300 valence electrons. The van der Waals surface area contributed by atoms with Crippen LogP contribution in [-0.2, 0) is 23.1 Å². The third-order valence-corrected chi connectivity index (χ3v) is 10.9. The Morgan fingerprint density at radius 2 is 1.79 bits per heavy atom. The fourth-order valence-electron chi connectivity index (χ4n) is 7.06. The van der Waals surface area contributed by atoms with Crippen molar-refractivity contribution in [3.05, 3.63) is 110 Å². The minimum atomic E-state index is -1.05. The smallest absolute Gasteiger partial charge is 0.352 e. The highest BCUT2D eigenvalue weighted by molar-refractivity contribution is 6.34. The summed E-state index contributed by atoms with van der Waals surface area (Å²) in [5, 5.41) is 23.5. The van der Waals surface area contributed by atoms with E-state index in [4.69, 9.17) is 37.8 Å². The maximum absolute atomic E-state index is 12.7. The number of allylic oxidation sites excluding steroid dienone is 3. The molecule has 0 radical (unpaired) electrons. The summed E-state index contributed by atoms with van der Waals surface area (Å²) in [6.07, 6.45) is 5.31. The van der Waals surface area contributed by atoms with Crippen LogP contribution in [0.3, 0.4) is 0 Å². The minimum Gasteiger partial charge on any atom is -0.494 e. The summed E-state index contributed by atoms with van der Waals surface area (Å²) in [6.45, 7) is 13.9. The quantitative estimate of drug-likeness (QED) is 0.0226. The van der Waals surface area contributed by atoms with E-state index in [9.17, 15) is 14.7 Å². The highest BCUT2D eigenvalue weighted by atomic mass is 35.5. The molecule has 0 aliphatic carbocycles. The average Bonchev–Trinajstić information content (AvgIpc) is 3.66. The van der Waals surface area contributed by atoms with E-state index in [1.807, 2.05) is 102 Å². The lowest BCUT2D eigenvalue weighted by molar-refractivity contribution is -0.109. The van der Waals surface area contributed by atoms with Crippen molar-refractivity contribution < 1.29 is 24.2 Å². The number of aromatic carboxylic acids is 1. The van der Waals surface area contributed by atoms with Crippen LogP contribution in [0.4, 0.5) is 5.69 Å². The zero-order chi connectivity index (χ0) is 41.6. The highest BCUT2D eigenvalue weighted by Gasteiger charge is 2.24. The number of methoxy groups -OCH3 is 1. The molecule has 5 rings (SSSR count). The van der Waals surface area contributed by atoms with Crippen molar-refractivity contribution in [3.63, 3.8) is 0 Å². The molecular formula is C44H50Cl2N6O5. The number of halogens is 2. The molecule has 0 unspecified atom stereocenters. The Morgan fingerprint density at radius 1 is 1.07 bits per heavy atom. The number of rotatable bonds is 16. The van der Waals surface area contributed by atoms with Crippen molar-refractivity contribution in [2.45, 2.75) is 74.0 Å². The molecule has 5 aromatic rings. The number of para-hydroxylation sites is 1. The van der Waals surface area contributed by atoms with Crippen molar-refractivity contribution >= 4 is 69.7 Å². The predicted molar refractivity (Wildman–Crippen MR) is 232 cm³/mol. The van der Waals surface area contributed by atoms with Gasteiger partial charge in [0.05, 0.1) is 54.0 Å². The van der Waals surface area contributed by atoms with E-state index >= 15 is 0 Å². The van der Waals surface area contributed by atoms with E-state index in [1.165, 1.54) is 0 Å². The van der Waals surface area contributed by atoms with Crippen LogP contribution in [0.15, 0.2) is 65.3 Å². The Balaban J connectivity index is 1.74. The standard InChI is InChI=1S/C44H50Cl2N6O5/c1-10-34(49-30(7)56-9)23-52-38(44(54)55)22-33-14-11-13-32(43(33)52)21-31(15-12-18-57-35-19-25(2)41(46)26(3)20-35)36-16-17-37(45)40(42(36)48-29(6)47-24-53)39-27(4)50-51(8)28(39)5/h10-11,13-14,16-17,19-22,24,29,48H,12,15,18,23H2,1-9H3,(H,47,53)(H,54,55)/b31-21+,34-10-,49-30?/t29-/m1/s1. The van der Waals surface area contributed by atoms with Gasteiger partial charge in [0.2, 0.25) is 6.41 Å². The van der Waals surface area contributed by atoms with Crippen LogP contribution >= 0.6 is 23.2 Å². The van der Waals surface area contributed by atoms with Crippen LogP contribution in [0.1, 0.15) is 77.7 Å². The topological polar surface area (TPSA) is 132 Å². The Bertz CT molecular complexity index is 2380. The fraction of sp³-hybridized carbons (Fsp3) is 0.318. The number of aromatic nitrogens is 3. The molecule has 0 fully saturated rings. The third-order valence-electron chi connectivity index (χ3n) is 9.96. The lowest BCUT2D eigenvalue weighted by Gasteiger charge is -2.24. The van der Waals surface area contributed by atoms with Crippen molar-refractivity contribution in [3.8, 4) is 16.9 Å². The van der Waals surface area contributed by atoms with Crippen LogP contribution in [0, 0.1) is 27.7 Å². The maximum Gasteiger partial charge on any atom is 0.352 e. The summed E-state index contributed by atoms with van der Waals surface area (Å²) < 4.78 is 15.2. The molecule has 3 N–H and O–H groups in total. The van der Waals surface area contributed by atoms with Gasteiger partial charge in [-0.05, 0) is 107 Å². The number of carboxylic acids is 1. The number of aliphatic imine (C=N–C) groups is 1. The molecule has 0 saturated heterocycles. The van der Waals surface area contributed by atoms with Gasteiger partial charge in [-0.1, -0.05) is 53.5 Å². The SMILES string of the molecule is C/C=C(/Cn1c(C(=O)O)cc2cccc(/C=C(\CCCOc3cc(C)c(Cl)c(C)c3)c3ccc(Cl)c(-c4c(C)nn(C)c4C)c3N[C@H](C)NC=O)c21)N=C(C)OC. The number of ether oxygens (including phenoxy) is 2. The Hall–Kier alpha value is -5.52. The predicted octanol–water partition coefficient (Wildman–Crippen LogP) is 10.2. The average molecular weight is 814 g/mol. The molecule has 57 heavy (non-hydrogen) atoms. The normalized spacial score (nSPS) is 12.9. The second kappa shape index (κ2) is 18.6. The summed E-state index contributed by atoms with van der Waals surface area (Å²) in [4.78, 5) is 28.9. The first-order chi connectivity index (χ1) is 27.2. The summed E-state index contributed by atoms with van der Waals surface area (Å²) in [5.41, 5.74) is 10.0. The van der Waals surface area contributed by atoms with Crippen LogP contribution in [0.2, 0.25) is 10.0 Å². The van der Waals surface area contributed by atoms with Gasteiger partial charge < -0.3 is 29.8 Å². The molecule has 2 heterocycles. The maximum atomic E-state index is 12.7. The van der Waals surface area contributed by atoms with Gasteiger partial charge in [0.1, 0.15) is 11.4 Å². The molecule has 11 nitrogen and oxygen atoms in total. The molecule has 0 bridgehead atoms. The van der Waals surface area contributed by atoms with E-state index in [-0.39, 0.29) is 12.2 Å². The summed E-state index contributed by atoms with van der Waals surface area (Å²) >= 11 is 13.5. The molecule has 3 aromatic carbocycles. The fourth-order valence-corrected chi connectivity index (χ4v) is 7.42. The van der Waals surface area contributed by atoms with Gasteiger partial charge >= 0.3 is 5.97 Å². The zero-order valence-corrected chi connectivity index (χ0v) is 35.4. The number of hydrogen-bond donors (Lipinski definition) is 3. The number of anilines is 1. The number of carboxylic acid groups (broad SMARTS) is 1. The number of benzene rings is 3. The number of aryl methyl sites for hydroxylation is 4. The van der Waals surface area contributed by atoms with E-state index in [2.05, 4.69) is 21.7 Å². The molecule has 1 amide bonds. The number of nitrogens with one attached hydrogen (secondary N) is 2. The first kappa shape index (κ1) is 42.6. The molecule has 0 aliphatic rings. The summed E-state index contributed by atoms with van der Waals surface area (Å²) in [7, 11) is 3.44. The van der Waals surface area contributed by atoms with Crippen molar-refractivity contribution in [2.75, 3.05) is 19.0 Å². The van der Waals surface area contributed by atoms with Crippen molar-refractivity contribution in [1.82, 2.24) is 19.7 Å². The van der Waals surface area contributed by atoms with Gasteiger partial charge in [0, 0.05) is 46.8 Å². The van der Waals surface area contributed by atoms with E-state index in [0.717, 1.165) is 72.0 Å². The molecular weight excluding hydrogens is 763 g/mol. The van der Waals surface area contributed by atoms with Crippen LogP contribution in [0.25, 0.3) is 33.7 Å². The number of carbonyl (C=O) groups is 2. The van der Waals surface area contributed by atoms with Crippen LogP contribution in [-0.4, -0.2) is 57.6 Å². The van der Waals surface area contributed by atoms with Gasteiger partial charge in [-0.3, -0.25) is 9.48 Å². The molecule has 0 spiro atoms. The third kappa shape index (κ3) is 9.55. The largest absolute Gasteiger partial charge is 0.494 e. The number of nitrogens with zero attached hydrogens (tertiary/aromatic N) is 4. The first-order valence-electron chi connectivity index (χ1n) is 18.7. The van der Waals surface area contributed by atoms with Gasteiger partial charge in [-0.15, -0.1) is 0 Å². The number of fused-ring (bicyclic) bond motifs is 1. The Labute approximate surface area is 344 Å². The van der Waals surface area contributed by atoms with Gasteiger partial charge in [0.25, 0.3) is 0 Å². The zero-order valence-electron chi connectivity index (χ0n) is 33.9. The second-order valence-corrected chi connectivity index (χ2v) is 14.8. The van der Waals surface area contributed by atoms with Gasteiger partial charge in [0.15, 0.2) is 5.90 Å². The van der Waals surface area contributed by atoms with Crippen molar-refractivity contribution in [2.24, 2.45) is 12.0 Å². The molecule has 1 atom stereocenters. The Morgan fingerprint density at radius 3 is 2.40 bits per heavy atom. The van der Waals surface area contributed by atoms with E-state index in [0.29, 0.717) is 48.2 Å². The second-order valence-electron chi connectivity index (χ2n) is 14.0. The van der Waals surface area contributed by atoms with Gasteiger partial charge in [-0.25, -0.2) is 9.79 Å². The van der Waals surface area contributed by atoms with E-state index in [1.54, 1.807) is 24.7 Å². The van der Waals surface area contributed by atoms with Crippen LogP contribution in [0.5, 0.6) is 5.75 Å². The molecule has 0 saturated carbocycles. The molecule has 0 aliphatic heterocycles. The monoisotopic (exact) mass is 812 g/mol. The highest BCUT2D eigenvalue weighted by Crippen LogP contribution is 2.44. The summed E-state index contributed by atoms with van der Waals surface area (Å²) in [6, 6.07) is 15.2. The van der Waals surface area contributed by atoms with Crippen LogP contribution < -0.4 is 15.4 Å². The lowest BCUT2D eigenvalue weighted by Crippen LogP contribution is -2.32. The number of hydrogen-bond acceptors (Lipinski definition) is 7. The Kier molecular flexibility index (Phi) is 13.9. The minimum absolute atomic E-state index is 0.131. The molecule has 2 aromatic heterocycles. The lowest BCUT2D eigenvalue weighted by atomic mass is 9.91. The van der Waals surface area contributed by atoms with E-state index < -0.39 is 12.1 Å². The van der Waals surface area contributed by atoms with Gasteiger partial charge in [-0.2, -0.15) is 5.10 Å². The number of amides is 1. The first-order valence-corrected chi connectivity index (χ1v) is 19.4.